The highest BCUT2D eigenvalue weighted by molar-refractivity contribution is 5.80. The summed E-state index contributed by atoms with van der Waals surface area (Å²) in [5.41, 5.74) is 0.176. The van der Waals surface area contributed by atoms with Crippen molar-refractivity contribution in [2.45, 2.75) is 52.3 Å². The standard InChI is InChI=1S/C20H32N4O4/c1-6-21-18(22-12-14-11-16(27-5)7-8-17(14)25)24-10-9-15(13-24)23-19(26)28-20(2,3)4/h7-8,11,15,25H,6,9-10,12-13H2,1-5H3,(H,21,22)(H,23,26). The average molecular weight is 393 g/mol. The number of aromatic hydroxyl groups is 1. The van der Waals surface area contributed by atoms with Gasteiger partial charge in [0, 0.05) is 25.2 Å². The Hall–Kier alpha value is -2.64. The Balaban J connectivity index is 2.00. The number of hydrogen-bond acceptors (Lipinski definition) is 5. The van der Waals surface area contributed by atoms with Gasteiger partial charge in [0.25, 0.3) is 0 Å². The Morgan fingerprint density at radius 1 is 1.39 bits per heavy atom. The van der Waals surface area contributed by atoms with Crippen LogP contribution in [-0.2, 0) is 11.3 Å². The molecule has 1 atom stereocenters. The number of rotatable bonds is 5. The van der Waals surface area contributed by atoms with Crippen LogP contribution in [0, 0.1) is 0 Å². The number of ether oxygens (including phenoxy) is 2. The molecule has 1 amide bonds. The van der Waals surface area contributed by atoms with Gasteiger partial charge in [-0.1, -0.05) is 0 Å². The van der Waals surface area contributed by atoms with Crippen molar-refractivity contribution in [2.24, 2.45) is 4.99 Å². The van der Waals surface area contributed by atoms with Crippen LogP contribution in [0.1, 0.15) is 39.7 Å². The molecule has 0 spiro atoms. The van der Waals surface area contributed by atoms with Crippen molar-refractivity contribution in [1.82, 2.24) is 15.5 Å². The molecular formula is C20H32N4O4. The van der Waals surface area contributed by atoms with Gasteiger partial charge in [-0.3, -0.25) is 0 Å². The van der Waals surface area contributed by atoms with E-state index in [-0.39, 0.29) is 11.8 Å². The number of hydrogen-bond donors (Lipinski definition) is 3. The third kappa shape index (κ3) is 6.51. The molecule has 28 heavy (non-hydrogen) atoms. The Bertz CT molecular complexity index is 700. The predicted octanol–water partition coefficient (Wildman–Crippen LogP) is 2.47. The summed E-state index contributed by atoms with van der Waals surface area (Å²) in [6.07, 6.45) is 0.413. The van der Waals surface area contributed by atoms with Gasteiger partial charge in [0.2, 0.25) is 0 Å². The summed E-state index contributed by atoms with van der Waals surface area (Å²) in [4.78, 5) is 18.7. The molecular weight excluding hydrogens is 360 g/mol. The van der Waals surface area contributed by atoms with Crippen molar-refractivity contribution in [2.75, 3.05) is 26.7 Å². The molecule has 0 aliphatic carbocycles. The molecule has 1 unspecified atom stereocenters. The van der Waals surface area contributed by atoms with E-state index < -0.39 is 11.7 Å². The lowest BCUT2D eigenvalue weighted by Gasteiger charge is -2.23. The maximum Gasteiger partial charge on any atom is 0.407 e. The molecule has 0 aromatic heterocycles. The molecule has 8 heteroatoms. The number of amides is 1. The number of nitrogens with zero attached hydrogens (tertiary/aromatic N) is 2. The van der Waals surface area contributed by atoms with Crippen LogP contribution in [0.5, 0.6) is 11.5 Å². The second-order valence-electron chi connectivity index (χ2n) is 7.74. The first-order valence-electron chi connectivity index (χ1n) is 9.60. The zero-order chi connectivity index (χ0) is 20.7. The number of nitrogens with one attached hydrogen (secondary N) is 2. The molecule has 0 bridgehead atoms. The van der Waals surface area contributed by atoms with E-state index in [0.29, 0.717) is 24.4 Å². The zero-order valence-corrected chi connectivity index (χ0v) is 17.4. The Kier molecular flexibility index (Phi) is 7.37. The monoisotopic (exact) mass is 392 g/mol. The Morgan fingerprint density at radius 3 is 2.79 bits per heavy atom. The number of carbonyl (C=O) groups is 1. The molecule has 3 N–H and O–H groups in total. The van der Waals surface area contributed by atoms with Crippen LogP contribution in [0.15, 0.2) is 23.2 Å². The molecule has 1 fully saturated rings. The smallest absolute Gasteiger partial charge is 0.407 e. The summed E-state index contributed by atoms with van der Waals surface area (Å²) >= 11 is 0. The molecule has 1 heterocycles. The summed E-state index contributed by atoms with van der Waals surface area (Å²) < 4.78 is 10.5. The van der Waals surface area contributed by atoms with Gasteiger partial charge in [-0.25, -0.2) is 9.79 Å². The van der Waals surface area contributed by atoms with Crippen LogP contribution in [0.4, 0.5) is 4.79 Å². The van der Waals surface area contributed by atoms with Crippen molar-refractivity contribution in [3.8, 4) is 11.5 Å². The van der Waals surface area contributed by atoms with Crippen molar-refractivity contribution in [3.05, 3.63) is 23.8 Å². The largest absolute Gasteiger partial charge is 0.508 e. The number of aliphatic imine (C=N–C) groups is 1. The molecule has 156 valence electrons. The molecule has 0 radical (unpaired) electrons. The van der Waals surface area contributed by atoms with E-state index in [1.165, 1.54) is 0 Å². The predicted molar refractivity (Wildman–Crippen MR) is 109 cm³/mol. The van der Waals surface area contributed by atoms with Crippen LogP contribution in [0.25, 0.3) is 0 Å². The van der Waals surface area contributed by atoms with Crippen LogP contribution in [-0.4, -0.2) is 60.4 Å². The molecule has 1 aliphatic heterocycles. The normalized spacial score (nSPS) is 17.4. The van der Waals surface area contributed by atoms with Gasteiger partial charge in [-0.05, 0) is 52.3 Å². The fourth-order valence-electron chi connectivity index (χ4n) is 2.95. The topological polar surface area (TPSA) is 95.4 Å². The molecule has 1 aromatic carbocycles. The highest BCUT2D eigenvalue weighted by atomic mass is 16.6. The summed E-state index contributed by atoms with van der Waals surface area (Å²) in [7, 11) is 1.59. The SMILES string of the molecule is CCNC(=NCc1cc(OC)ccc1O)N1CCC(NC(=O)OC(C)(C)C)C1. The van der Waals surface area contributed by atoms with Crippen molar-refractivity contribution in [1.29, 1.82) is 0 Å². The summed E-state index contributed by atoms with van der Waals surface area (Å²) in [5.74, 6) is 1.61. The first-order valence-corrected chi connectivity index (χ1v) is 9.60. The van der Waals surface area contributed by atoms with Gasteiger partial charge in [0.05, 0.1) is 19.7 Å². The lowest BCUT2D eigenvalue weighted by Crippen LogP contribution is -2.44. The number of guanidine groups is 1. The minimum Gasteiger partial charge on any atom is -0.508 e. The second-order valence-corrected chi connectivity index (χ2v) is 7.74. The Morgan fingerprint density at radius 2 is 2.14 bits per heavy atom. The summed E-state index contributed by atoms with van der Waals surface area (Å²) in [5, 5.41) is 16.2. The maximum atomic E-state index is 12.0. The van der Waals surface area contributed by atoms with Crippen LogP contribution in [0.2, 0.25) is 0 Å². The number of likely N-dealkylation sites (tertiary alicyclic amines) is 1. The fraction of sp³-hybridized carbons (Fsp3) is 0.600. The van der Waals surface area contributed by atoms with Crippen molar-refractivity contribution in [3.63, 3.8) is 0 Å². The van der Waals surface area contributed by atoms with Gasteiger partial charge >= 0.3 is 6.09 Å². The molecule has 8 nitrogen and oxygen atoms in total. The summed E-state index contributed by atoms with van der Waals surface area (Å²) in [6.45, 7) is 10.0. The van der Waals surface area contributed by atoms with E-state index in [9.17, 15) is 9.90 Å². The highest BCUT2D eigenvalue weighted by Crippen LogP contribution is 2.23. The molecule has 1 saturated heterocycles. The third-order valence-electron chi connectivity index (χ3n) is 4.23. The minimum absolute atomic E-state index is 0.00364. The number of methoxy groups -OCH3 is 1. The van der Waals surface area contributed by atoms with Gasteiger partial charge < -0.3 is 30.1 Å². The van der Waals surface area contributed by atoms with E-state index >= 15 is 0 Å². The first kappa shape index (κ1) is 21.7. The second kappa shape index (κ2) is 9.52. The van der Waals surface area contributed by atoms with E-state index in [1.807, 2.05) is 27.7 Å². The van der Waals surface area contributed by atoms with E-state index in [2.05, 4.69) is 20.5 Å². The van der Waals surface area contributed by atoms with Gasteiger partial charge in [-0.2, -0.15) is 0 Å². The van der Waals surface area contributed by atoms with Crippen molar-refractivity contribution < 1.29 is 19.4 Å². The van der Waals surface area contributed by atoms with Gasteiger partial charge in [0.1, 0.15) is 17.1 Å². The molecule has 2 rings (SSSR count). The number of carbonyl (C=O) groups excluding carboxylic acids is 1. The van der Waals surface area contributed by atoms with Crippen molar-refractivity contribution >= 4 is 12.1 Å². The number of benzene rings is 1. The fourth-order valence-corrected chi connectivity index (χ4v) is 2.95. The molecule has 1 aromatic rings. The lowest BCUT2D eigenvalue weighted by atomic mass is 10.2. The van der Waals surface area contributed by atoms with Gasteiger partial charge in [-0.15, -0.1) is 0 Å². The van der Waals surface area contributed by atoms with Crippen LogP contribution in [0.3, 0.4) is 0 Å². The number of phenolic OH excluding ortho intramolecular Hbond substituents is 1. The van der Waals surface area contributed by atoms with Gasteiger partial charge in [0.15, 0.2) is 5.96 Å². The lowest BCUT2D eigenvalue weighted by molar-refractivity contribution is 0.0507. The third-order valence-corrected chi connectivity index (χ3v) is 4.23. The van der Waals surface area contributed by atoms with Crippen LogP contribution < -0.4 is 15.4 Å². The number of alkyl carbamates (subject to hydrolysis) is 1. The summed E-state index contributed by atoms with van der Waals surface area (Å²) in [6, 6.07) is 5.09. The van der Waals surface area contributed by atoms with Crippen LogP contribution >= 0.6 is 0 Å². The maximum absolute atomic E-state index is 12.0. The highest BCUT2D eigenvalue weighted by Gasteiger charge is 2.27. The number of phenols is 1. The molecule has 0 saturated carbocycles. The quantitative estimate of drug-likeness (QED) is 0.526. The average Bonchev–Trinajstić information content (AvgIpc) is 3.06. The Labute approximate surface area is 166 Å². The first-order chi connectivity index (χ1) is 13.2. The molecule has 1 aliphatic rings. The van der Waals surface area contributed by atoms with E-state index in [4.69, 9.17) is 9.47 Å². The zero-order valence-electron chi connectivity index (χ0n) is 17.4. The van der Waals surface area contributed by atoms with E-state index in [0.717, 1.165) is 25.5 Å². The van der Waals surface area contributed by atoms with E-state index in [1.54, 1.807) is 25.3 Å². The minimum atomic E-state index is -0.516.